The predicted molar refractivity (Wildman–Crippen MR) is 64.5 cm³/mol. The summed E-state index contributed by atoms with van der Waals surface area (Å²) in [5, 5.41) is 0. The Morgan fingerprint density at radius 1 is 0.786 bits per heavy atom. The van der Waals surface area contributed by atoms with Gasteiger partial charge in [0.05, 0.1) is 0 Å². The molecule has 0 nitrogen and oxygen atoms in total. The van der Waals surface area contributed by atoms with Gasteiger partial charge in [-0.1, -0.05) is 78.1 Å². The molecule has 84 valence electrons. The van der Waals surface area contributed by atoms with Gasteiger partial charge in [-0.3, -0.25) is 0 Å². The van der Waals surface area contributed by atoms with E-state index in [1.54, 1.807) is 0 Å². The van der Waals surface area contributed by atoms with E-state index in [0.29, 0.717) is 0 Å². The van der Waals surface area contributed by atoms with E-state index in [1.807, 2.05) is 0 Å². The molecule has 0 atom stereocenters. The van der Waals surface area contributed by atoms with Crippen molar-refractivity contribution in [1.82, 2.24) is 0 Å². The Labute approximate surface area is 90.5 Å². The minimum Gasteiger partial charge on any atom is -0.0651 e. The van der Waals surface area contributed by atoms with E-state index in [-0.39, 0.29) is 0 Å². The van der Waals surface area contributed by atoms with Crippen LogP contribution in [-0.4, -0.2) is 0 Å². The largest absolute Gasteiger partial charge is 0.0651 e. The zero-order valence-corrected chi connectivity index (χ0v) is 10.2. The quantitative estimate of drug-likeness (QED) is 0.542. The standard InChI is InChI=1S/2C7H14/c1-7-5-3-2-4-6-7;1-2-7-5-3-4-6-7/h2*7H,2-6H2,1H3. The second-order valence-corrected chi connectivity index (χ2v) is 5.30. The van der Waals surface area contributed by atoms with Crippen LogP contribution < -0.4 is 0 Å². The van der Waals surface area contributed by atoms with Gasteiger partial charge in [0.15, 0.2) is 0 Å². The monoisotopic (exact) mass is 196 g/mol. The maximum Gasteiger partial charge on any atom is -0.0417 e. The molecular weight excluding hydrogens is 168 g/mol. The number of rotatable bonds is 1. The second-order valence-electron chi connectivity index (χ2n) is 5.30. The van der Waals surface area contributed by atoms with Gasteiger partial charge in [0.25, 0.3) is 0 Å². The van der Waals surface area contributed by atoms with Gasteiger partial charge in [0.1, 0.15) is 0 Å². The van der Waals surface area contributed by atoms with Crippen LogP contribution in [0.4, 0.5) is 0 Å². The SMILES string of the molecule is CC1CCCCC1.CCC1CCCC1. The molecule has 0 aromatic heterocycles. The summed E-state index contributed by atoms with van der Waals surface area (Å²) in [6.45, 7) is 4.66. The average Bonchev–Trinajstić information content (AvgIpc) is 2.72. The number of hydrogen-bond acceptors (Lipinski definition) is 0. The molecule has 0 saturated heterocycles. The molecule has 0 aromatic rings. The third kappa shape index (κ3) is 5.02. The molecule has 2 fully saturated rings. The molecule has 0 unspecified atom stereocenters. The molecule has 0 aliphatic heterocycles. The Morgan fingerprint density at radius 3 is 1.57 bits per heavy atom. The van der Waals surface area contributed by atoms with E-state index in [1.165, 1.54) is 64.2 Å². The molecule has 2 aliphatic rings. The zero-order chi connectivity index (χ0) is 10.2. The summed E-state index contributed by atoms with van der Waals surface area (Å²) in [5.74, 6) is 2.13. The van der Waals surface area contributed by atoms with Gasteiger partial charge in [-0.2, -0.15) is 0 Å². The topological polar surface area (TPSA) is 0 Å². The van der Waals surface area contributed by atoms with E-state index < -0.39 is 0 Å². The second kappa shape index (κ2) is 7.31. The van der Waals surface area contributed by atoms with Crippen molar-refractivity contribution in [3.63, 3.8) is 0 Å². The third-order valence-corrected chi connectivity index (χ3v) is 3.95. The molecule has 2 rings (SSSR count). The van der Waals surface area contributed by atoms with Crippen molar-refractivity contribution in [3.8, 4) is 0 Å². The molecule has 2 saturated carbocycles. The maximum atomic E-state index is 2.36. The van der Waals surface area contributed by atoms with E-state index >= 15 is 0 Å². The highest BCUT2D eigenvalue weighted by atomic mass is 14.2. The van der Waals surface area contributed by atoms with Crippen LogP contribution in [0.25, 0.3) is 0 Å². The Morgan fingerprint density at radius 2 is 1.29 bits per heavy atom. The summed E-state index contributed by atoms with van der Waals surface area (Å²) in [4.78, 5) is 0. The van der Waals surface area contributed by atoms with Crippen LogP contribution in [0.5, 0.6) is 0 Å². The normalized spacial score (nSPS) is 24.4. The summed E-state index contributed by atoms with van der Waals surface area (Å²) in [6.07, 6.45) is 14.9. The van der Waals surface area contributed by atoms with Crippen LogP contribution in [0.15, 0.2) is 0 Å². The van der Waals surface area contributed by atoms with E-state index in [9.17, 15) is 0 Å². The van der Waals surface area contributed by atoms with Crippen molar-refractivity contribution in [2.45, 2.75) is 78.1 Å². The smallest absolute Gasteiger partial charge is 0.0417 e. The van der Waals surface area contributed by atoms with Crippen LogP contribution >= 0.6 is 0 Å². The van der Waals surface area contributed by atoms with Gasteiger partial charge in [0, 0.05) is 0 Å². The molecule has 0 N–H and O–H groups in total. The van der Waals surface area contributed by atoms with Crippen molar-refractivity contribution >= 4 is 0 Å². The fourth-order valence-electron chi connectivity index (χ4n) is 2.73. The summed E-state index contributed by atoms with van der Waals surface area (Å²) in [6, 6.07) is 0. The molecule has 0 heteroatoms. The van der Waals surface area contributed by atoms with Gasteiger partial charge in [-0.25, -0.2) is 0 Å². The lowest BCUT2D eigenvalue weighted by atomic mass is 9.91. The molecule has 2 aliphatic carbocycles. The fraction of sp³-hybridized carbons (Fsp3) is 1.00. The molecule has 0 radical (unpaired) electrons. The molecular formula is C14H28. The lowest BCUT2D eigenvalue weighted by Gasteiger charge is -2.15. The Bertz CT molecular complexity index is 116. The van der Waals surface area contributed by atoms with Crippen molar-refractivity contribution in [3.05, 3.63) is 0 Å². The molecule has 0 aromatic carbocycles. The van der Waals surface area contributed by atoms with E-state index in [0.717, 1.165) is 11.8 Å². The maximum absolute atomic E-state index is 2.36. The van der Waals surface area contributed by atoms with Crippen LogP contribution in [0.1, 0.15) is 78.1 Å². The van der Waals surface area contributed by atoms with Crippen molar-refractivity contribution < 1.29 is 0 Å². The molecule has 0 heterocycles. The Hall–Kier alpha value is 0. The van der Waals surface area contributed by atoms with Crippen LogP contribution in [0.2, 0.25) is 0 Å². The summed E-state index contributed by atoms with van der Waals surface area (Å²) in [7, 11) is 0. The first kappa shape index (κ1) is 12.1. The first-order valence-corrected chi connectivity index (χ1v) is 6.83. The Kier molecular flexibility index (Phi) is 6.31. The van der Waals surface area contributed by atoms with Crippen molar-refractivity contribution in [2.24, 2.45) is 11.8 Å². The van der Waals surface area contributed by atoms with Crippen molar-refractivity contribution in [1.29, 1.82) is 0 Å². The summed E-state index contributed by atoms with van der Waals surface area (Å²) in [5.41, 5.74) is 0. The molecule has 0 amide bonds. The van der Waals surface area contributed by atoms with Gasteiger partial charge >= 0.3 is 0 Å². The average molecular weight is 196 g/mol. The lowest BCUT2D eigenvalue weighted by molar-refractivity contribution is 0.385. The highest BCUT2D eigenvalue weighted by Crippen LogP contribution is 2.26. The molecule has 0 bridgehead atoms. The zero-order valence-electron chi connectivity index (χ0n) is 10.2. The van der Waals surface area contributed by atoms with Gasteiger partial charge in [0.2, 0.25) is 0 Å². The fourth-order valence-corrected chi connectivity index (χ4v) is 2.73. The Balaban J connectivity index is 0.000000140. The van der Waals surface area contributed by atoms with Crippen LogP contribution in [-0.2, 0) is 0 Å². The van der Waals surface area contributed by atoms with Gasteiger partial charge in [-0.05, 0) is 11.8 Å². The molecule has 0 spiro atoms. The van der Waals surface area contributed by atoms with E-state index in [4.69, 9.17) is 0 Å². The first-order valence-electron chi connectivity index (χ1n) is 6.83. The van der Waals surface area contributed by atoms with Gasteiger partial charge in [-0.15, -0.1) is 0 Å². The highest BCUT2D eigenvalue weighted by molar-refractivity contribution is 4.64. The highest BCUT2D eigenvalue weighted by Gasteiger charge is 2.11. The first-order chi connectivity index (χ1) is 6.83. The lowest BCUT2D eigenvalue weighted by Crippen LogP contribution is -1.99. The third-order valence-electron chi connectivity index (χ3n) is 3.95. The van der Waals surface area contributed by atoms with Crippen LogP contribution in [0, 0.1) is 11.8 Å². The minimum absolute atomic E-state index is 1.04. The summed E-state index contributed by atoms with van der Waals surface area (Å²) < 4.78 is 0. The summed E-state index contributed by atoms with van der Waals surface area (Å²) >= 11 is 0. The van der Waals surface area contributed by atoms with Crippen molar-refractivity contribution in [2.75, 3.05) is 0 Å². The van der Waals surface area contributed by atoms with Gasteiger partial charge < -0.3 is 0 Å². The predicted octanol–water partition coefficient (Wildman–Crippen LogP) is 5.17. The molecule has 14 heavy (non-hydrogen) atoms. The number of hydrogen-bond donors (Lipinski definition) is 0. The van der Waals surface area contributed by atoms with E-state index in [2.05, 4.69) is 13.8 Å². The minimum atomic E-state index is 1.04. The van der Waals surface area contributed by atoms with Crippen LogP contribution in [0.3, 0.4) is 0 Å².